The van der Waals surface area contributed by atoms with Crippen LogP contribution in [0.5, 0.6) is 0 Å². The molecule has 1 aliphatic carbocycles. The Bertz CT molecular complexity index is 914. The largest absolute Gasteiger partial charge is 0.294 e. The van der Waals surface area contributed by atoms with Crippen LogP contribution in [0.3, 0.4) is 0 Å². The Labute approximate surface area is 132 Å². The van der Waals surface area contributed by atoms with E-state index in [2.05, 4.69) is 5.10 Å². The Morgan fingerprint density at radius 2 is 2.14 bits per heavy atom. The summed E-state index contributed by atoms with van der Waals surface area (Å²) in [6.07, 6.45) is 4.13. The number of carbonyl (C=O) groups is 1. The molecule has 2 heterocycles. The third-order valence-corrected chi connectivity index (χ3v) is 4.33. The lowest BCUT2D eigenvalue weighted by Gasteiger charge is -2.13. The van der Waals surface area contributed by atoms with Crippen molar-refractivity contribution in [2.45, 2.75) is 26.2 Å². The maximum Gasteiger partial charge on any atom is 0.166 e. The van der Waals surface area contributed by atoms with Gasteiger partial charge in [0.2, 0.25) is 0 Å². The molecule has 3 aromatic rings. The van der Waals surface area contributed by atoms with Gasteiger partial charge in [-0.3, -0.25) is 4.79 Å². The van der Waals surface area contributed by atoms with Crippen LogP contribution in [0.25, 0.3) is 16.8 Å². The molecule has 1 aliphatic rings. The third kappa shape index (κ3) is 2.03. The van der Waals surface area contributed by atoms with Gasteiger partial charge in [0.1, 0.15) is 0 Å². The predicted molar refractivity (Wildman–Crippen MR) is 85.4 cm³/mol. The van der Waals surface area contributed by atoms with Crippen LogP contribution in [-0.2, 0) is 6.42 Å². The molecule has 110 valence electrons. The van der Waals surface area contributed by atoms with Crippen LogP contribution in [-0.4, -0.2) is 20.4 Å². The number of carbonyl (C=O) groups excluding carboxylic acids is 1. The highest BCUT2D eigenvalue weighted by atomic mass is 35.5. The van der Waals surface area contributed by atoms with Crippen LogP contribution >= 0.6 is 11.6 Å². The fourth-order valence-corrected chi connectivity index (χ4v) is 3.26. The van der Waals surface area contributed by atoms with Crippen LogP contribution in [0, 0.1) is 6.92 Å². The molecule has 0 radical (unpaired) electrons. The lowest BCUT2D eigenvalue weighted by Crippen LogP contribution is -2.14. The second-order valence-corrected chi connectivity index (χ2v) is 6.05. The fraction of sp³-hybridized carbons (Fsp3) is 0.235. The van der Waals surface area contributed by atoms with Crippen LogP contribution in [0.1, 0.15) is 34.6 Å². The number of hydrogen-bond acceptors (Lipinski definition) is 3. The number of aryl methyl sites for hydroxylation is 2. The van der Waals surface area contributed by atoms with Crippen molar-refractivity contribution in [3.05, 3.63) is 52.4 Å². The summed E-state index contributed by atoms with van der Waals surface area (Å²) in [7, 11) is 0. The Morgan fingerprint density at radius 3 is 2.95 bits per heavy atom. The summed E-state index contributed by atoms with van der Waals surface area (Å²) >= 11 is 6.11. The van der Waals surface area contributed by atoms with Gasteiger partial charge in [-0.05, 0) is 37.5 Å². The van der Waals surface area contributed by atoms with Crippen molar-refractivity contribution >= 4 is 23.0 Å². The van der Waals surface area contributed by atoms with Gasteiger partial charge in [-0.1, -0.05) is 23.7 Å². The summed E-state index contributed by atoms with van der Waals surface area (Å²) in [6.45, 7) is 1.95. The van der Waals surface area contributed by atoms with Crippen molar-refractivity contribution in [2.75, 3.05) is 0 Å². The van der Waals surface area contributed by atoms with Crippen molar-refractivity contribution in [3.8, 4) is 11.1 Å². The maximum absolute atomic E-state index is 12.0. The standard InChI is InChI=1S/C17H14ClN3O/c1-10-16(11-4-2-5-12(18)8-11)17-19-14-6-3-7-15(22)13(14)9-21(17)20-10/h2,4-5,8-9H,3,6-7H2,1H3. The normalized spacial score (nSPS) is 14.4. The smallest absolute Gasteiger partial charge is 0.166 e. The highest BCUT2D eigenvalue weighted by Gasteiger charge is 2.22. The monoisotopic (exact) mass is 311 g/mol. The molecule has 0 saturated heterocycles. The van der Waals surface area contributed by atoms with E-state index in [-0.39, 0.29) is 5.78 Å². The van der Waals surface area contributed by atoms with E-state index in [0.29, 0.717) is 17.0 Å². The van der Waals surface area contributed by atoms with Crippen LogP contribution in [0.15, 0.2) is 30.5 Å². The maximum atomic E-state index is 12.0. The van der Waals surface area contributed by atoms with Crippen LogP contribution in [0.2, 0.25) is 5.02 Å². The number of fused-ring (bicyclic) bond motifs is 2. The quantitative estimate of drug-likeness (QED) is 0.685. The minimum absolute atomic E-state index is 0.160. The van der Waals surface area contributed by atoms with Crippen LogP contribution < -0.4 is 0 Å². The minimum atomic E-state index is 0.160. The molecule has 0 atom stereocenters. The zero-order valence-electron chi connectivity index (χ0n) is 12.1. The summed E-state index contributed by atoms with van der Waals surface area (Å²) < 4.78 is 1.72. The van der Waals surface area contributed by atoms with E-state index in [1.54, 1.807) is 4.52 Å². The number of nitrogens with zero attached hydrogens (tertiary/aromatic N) is 3. The Balaban J connectivity index is 2.00. The molecule has 5 heteroatoms. The van der Waals surface area contributed by atoms with Gasteiger partial charge in [0, 0.05) is 23.2 Å². The van der Waals surface area contributed by atoms with Crippen molar-refractivity contribution < 1.29 is 4.79 Å². The molecule has 2 aromatic heterocycles. The van der Waals surface area contributed by atoms with Gasteiger partial charge in [-0.15, -0.1) is 0 Å². The van der Waals surface area contributed by atoms with E-state index < -0.39 is 0 Å². The number of halogens is 1. The molecule has 0 amide bonds. The van der Waals surface area contributed by atoms with Gasteiger partial charge in [0.15, 0.2) is 11.4 Å². The summed E-state index contributed by atoms with van der Waals surface area (Å²) in [5.74, 6) is 0.160. The van der Waals surface area contributed by atoms with E-state index in [1.165, 1.54) is 0 Å². The molecule has 4 rings (SSSR count). The van der Waals surface area contributed by atoms with Gasteiger partial charge in [-0.2, -0.15) is 5.10 Å². The Hall–Kier alpha value is -2.20. The van der Waals surface area contributed by atoms with Crippen molar-refractivity contribution in [3.63, 3.8) is 0 Å². The Morgan fingerprint density at radius 1 is 1.27 bits per heavy atom. The number of aromatic nitrogens is 3. The van der Waals surface area contributed by atoms with Gasteiger partial charge < -0.3 is 0 Å². The SMILES string of the molecule is Cc1nn2cc3c(nc2c1-c1cccc(Cl)c1)CCCC3=O. The number of rotatable bonds is 1. The average molecular weight is 312 g/mol. The summed E-state index contributed by atoms with van der Waals surface area (Å²) in [5, 5.41) is 5.21. The first kappa shape index (κ1) is 13.5. The van der Waals surface area contributed by atoms with E-state index >= 15 is 0 Å². The van der Waals surface area contributed by atoms with Crippen molar-refractivity contribution in [1.29, 1.82) is 0 Å². The second-order valence-electron chi connectivity index (χ2n) is 5.62. The Kier molecular flexibility index (Phi) is 3.01. The van der Waals surface area contributed by atoms with Gasteiger partial charge in [0.25, 0.3) is 0 Å². The minimum Gasteiger partial charge on any atom is -0.294 e. The van der Waals surface area contributed by atoms with Crippen molar-refractivity contribution in [2.24, 2.45) is 0 Å². The molecule has 1 aromatic carbocycles. The van der Waals surface area contributed by atoms with Gasteiger partial charge in [-0.25, -0.2) is 9.50 Å². The first-order valence-electron chi connectivity index (χ1n) is 7.31. The first-order valence-corrected chi connectivity index (χ1v) is 7.69. The number of hydrogen-bond donors (Lipinski definition) is 0. The highest BCUT2D eigenvalue weighted by molar-refractivity contribution is 6.30. The molecular weight excluding hydrogens is 298 g/mol. The first-order chi connectivity index (χ1) is 10.6. The molecule has 4 nitrogen and oxygen atoms in total. The predicted octanol–water partition coefficient (Wildman–Crippen LogP) is 3.88. The second kappa shape index (κ2) is 4.92. The molecule has 0 spiro atoms. The van der Waals surface area contributed by atoms with E-state index in [1.807, 2.05) is 37.4 Å². The van der Waals surface area contributed by atoms with Crippen LogP contribution in [0.4, 0.5) is 0 Å². The number of ketones is 1. The summed E-state index contributed by atoms with van der Waals surface area (Å²) in [4.78, 5) is 16.8. The molecule has 0 N–H and O–H groups in total. The fourth-order valence-electron chi connectivity index (χ4n) is 3.07. The molecule has 0 unspecified atom stereocenters. The molecule has 22 heavy (non-hydrogen) atoms. The highest BCUT2D eigenvalue weighted by Crippen LogP contribution is 2.30. The lowest BCUT2D eigenvalue weighted by atomic mass is 9.96. The summed E-state index contributed by atoms with van der Waals surface area (Å²) in [5.41, 5.74) is 5.22. The molecule has 0 fully saturated rings. The van der Waals surface area contributed by atoms with Crippen molar-refractivity contribution in [1.82, 2.24) is 14.6 Å². The van der Waals surface area contributed by atoms with Gasteiger partial charge in [0.05, 0.1) is 17.0 Å². The molecule has 0 aliphatic heterocycles. The number of Topliss-reactive ketones (excluding diaryl/α,β-unsaturated/α-hetero) is 1. The van der Waals surface area contributed by atoms with E-state index in [9.17, 15) is 4.79 Å². The number of benzene rings is 1. The zero-order valence-corrected chi connectivity index (χ0v) is 12.9. The average Bonchev–Trinajstić information content (AvgIpc) is 2.81. The summed E-state index contributed by atoms with van der Waals surface area (Å²) in [6, 6.07) is 7.68. The topological polar surface area (TPSA) is 47.3 Å². The van der Waals surface area contributed by atoms with E-state index in [0.717, 1.165) is 41.0 Å². The third-order valence-electron chi connectivity index (χ3n) is 4.09. The van der Waals surface area contributed by atoms with E-state index in [4.69, 9.17) is 16.6 Å². The molecule has 0 saturated carbocycles. The van der Waals surface area contributed by atoms with Gasteiger partial charge >= 0.3 is 0 Å². The molecular formula is C17H14ClN3O. The lowest BCUT2D eigenvalue weighted by molar-refractivity contribution is 0.0971. The molecule has 0 bridgehead atoms. The zero-order chi connectivity index (χ0) is 15.3.